The van der Waals surface area contributed by atoms with E-state index in [-0.39, 0.29) is 0 Å². The monoisotopic (exact) mass is 227 g/mol. The molecule has 0 unspecified atom stereocenters. The summed E-state index contributed by atoms with van der Waals surface area (Å²) in [6, 6.07) is 0. The molecule has 0 aromatic heterocycles. The number of carbonyl (C=O) groups is 3. The van der Waals surface area contributed by atoms with Gasteiger partial charge in [-0.3, -0.25) is 34.6 Å². The number of carbonyl (C=O) groups excluding carboxylic acids is 3. The van der Waals surface area contributed by atoms with Crippen molar-refractivity contribution in [2.24, 2.45) is 0 Å². The van der Waals surface area contributed by atoms with Gasteiger partial charge < -0.3 is 0 Å². The molecular weight excluding hydrogens is 221 g/mol. The zero-order valence-electron chi connectivity index (χ0n) is 6.42. The summed E-state index contributed by atoms with van der Waals surface area (Å²) in [6.07, 6.45) is 0. The molecule has 0 aromatic carbocycles. The molecule has 0 saturated heterocycles. The molecule has 0 heterocycles. The third-order valence-corrected chi connectivity index (χ3v) is 3.16. The van der Waals surface area contributed by atoms with Gasteiger partial charge in [0.15, 0.2) is 0 Å². The SMILES string of the molecule is O=C(NO)P(=O)(C(=O)NO)C(=O)NO. The van der Waals surface area contributed by atoms with Crippen molar-refractivity contribution in [3.05, 3.63) is 0 Å². The lowest BCUT2D eigenvalue weighted by atomic mass is 11.3. The third kappa shape index (κ3) is 1.88. The maximum absolute atomic E-state index is 11.3. The van der Waals surface area contributed by atoms with Crippen molar-refractivity contribution in [1.82, 2.24) is 16.4 Å². The maximum atomic E-state index is 11.3. The smallest absolute Gasteiger partial charge is 0.293 e. The first-order chi connectivity index (χ1) is 6.44. The third-order valence-electron chi connectivity index (χ3n) is 1.14. The molecule has 0 saturated carbocycles. The Hall–Kier alpha value is -1.48. The Morgan fingerprint density at radius 3 is 1.14 bits per heavy atom. The van der Waals surface area contributed by atoms with Crippen LogP contribution < -0.4 is 16.4 Å². The molecule has 0 fully saturated rings. The van der Waals surface area contributed by atoms with Crippen molar-refractivity contribution in [3.63, 3.8) is 0 Å². The topological polar surface area (TPSA) is 165 Å². The Labute approximate surface area is 76.1 Å². The standard InChI is InChI=1S/C3H6N3O7P/c7-1(4-10)14(13,2(8)5-11)3(9)6-12/h10-12H,(H,4,7)(H,5,8)(H,6,9). The molecule has 80 valence electrons. The van der Waals surface area contributed by atoms with E-state index in [9.17, 15) is 18.9 Å². The first-order valence-corrected chi connectivity index (χ1v) is 4.59. The van der Waals surface area contributed by atoms with E-state index in [1.54, 1.807) is 0 Å². The van der Waals surface area contributed by atoms with E-state index < -0.39 is 24.1 Å². The molecular formula is C3H6N3O7P. The first kappa shape index (κ1) is 12.5. The fourth-order valence-electron chi connectivity index (χ4n) is 0.488. The fraction of sp³-hybridized carbons (Fsp3) is 0. The second kappa shape index (κ2) is 4.67. The highest BCUT2D eigenvalue weighted by Gasteiger charge is 2.48. The van der Waals surface area contributed by atoms with E-state index in [0.29, 0.717) is 0 Å². The van der Waals surface area contributed by atoms with E-state index in [0.717, 1.165) is 16.4 Å². The zero-order valence-corrected chi connectivity index (χ0v) is 7.32. The van der Waals surface area contributed by atoms with Crippen LogP contribution in [0.3, 0.4) is 0 Å². The summed E-state index contributed by atoms with van der Waals surface area (Å²) < 4.78 is 11.3. The highest BCUT2D eigenvalue weighted by Crippen LogP contribution is 2.47. The van der Waals surface area contributed by atoms with E-state index in [1.807, 2.05) is 0 Å². The van der Waals surface area contributed by atoms with Gasteiger partial charge in [-0.25, -0.2) is 16.4 Å². The average molecular weight is 227 g/mol. The lowest BCUT2D eigenvalue weighted by Gasteiger charge is -2.10. The van der Waals surface area contributed by atoms with Gasteiger partial charge in [0.25, 0.3) is 0 Å². The molecule has 0 aliphatic heterocycles. The Morgan fingerprint density at radius 1 is 0.786 bits per heavy atom. The van der Waals surface area contributed by atoms with Gasteiger partial charge in [-0.1, -0.05) is 0 Å². The summed E-state index contributed by atoms with van der Waals surface area (Å²) in [5.74, 6) is 0. The highest BCUT2D eigenvalue weighted by atomic mass is 31.2. The minimum atomic E-state index is -4.99. The Morgan fingerprint density at radius 2 is 1.00 bits per heavy atom. The van der Waals surface area contributed by atoms with Crippen LogP contribution in [0.25, 0.3) is 0 Å². The molecule has 6 N–H and O–H groups in total. The molecule has 0 aliphatic rings. The van der Waals surface area contributed by atoms with Gasteiger partial charge in [0.2, 0.25) is 0 Å². The fourth-order valence-corrected chi connectivity index (χ4v) is 1.46. The molecule has 0 atom stereocenters. The number of hydrogen-bond acceptors (Lipinski definition) is 7. The van der Waals surface area contributed by atoms with Crippen LogP contribution in [0, 0.1) is 0 Å². The van der Waals surface area contributed by atoms with Crippen molar-refractivity contribution < 1.29 is 34.6 Å². The molecule has 14 heavy (non-hydrogen) atoms. The number of rotatable bonds is 3. The summed E-state index contributed by atoms with van der Waals surface area (Å²) in [5.41, 5.74) is -3.18. The maximum Gasteiger partial charge on any atom is 0.343 e. The number of hydrogen-bond donors (Lipinski definition) is 6. The largest absolute Gasteiger partial charge is 0.343 e. The molecule has 0 rings (SSSR count). The van der Waals surface area contributed by atoms with E-state index >= 15 is 0 Å². The Kier molecular flexibility index (Phi) is 4.18. The number of hydroxylamine groups is 3. The van der Waals surface area contributed by atoms with Gasteiger partial charge in [-0.15, -0.1) is 0 Å². The van der Waals surface area contributed by atoms with Crippen LogP contribution in [0.15, 0.2) is 0 Å². The van der Waals surface area contributed by atoms with Crippen LogP contribution in [0.2, 0.25) is 0 Å². The predicted molar refractivity (Wildman–Crippen MR) is 38.6 cm³/mol. The summed E-state index contributed by atoms with van der Waals surface area (Å²) in [4.78, 5) is 32.0. The quantitative estimate of drug-likeness (QED) is 0.217. The Balaban J connectivity index is 5.27. The van der Waals surface area contributed by atoms with Crippen LogP contribution in [0.4, 0.5) is 14.4 Å². The summed E-state index contributed by atoms with van der Waals surface area (Å²) in [7, 11) is -4.99. The lowest BCUT2D eigenvalue weighted by molar-refractivity contribution is 0.167. The van der Waals surface area contributed by atoms with Gasteiger partial charge in [0.05, 0.1) is 0 Å². The second-order valence-corrected chi connectivity index (χ2v) is 4.30. The normalized spacial score (nSPS) is 10.2. The molecule has 11 heteroatoms. The highest BCUT2D eigenvalue weighted by molar-refractivity contribution is 8.06. The second-order valence-electron chi connectivity index (χ2n) is 1.86. The van der Waals surface area contributed by atoms with Crippen LogP contribution in [0.1, 0.15) is 0 Å². The molecule has 0 aliphatic carbocycles. The molecule has 0 spiro atoms. The predicted octanol–water partition coefficient (Wildman–Crippen LogP) is -0.354. The summed E-state index contributed by atoms with van der Waals surface area (Å²) in [5, 5.41) is 24.2. The number of amides is 3. The van der Waals surface area contributed by atoms with Crippen molar-refractivity contribution >= 4 is 24.1 Å². The van der Waals surface area contributed by atoms with Crippen molar-refractivity contribution in [2.45, 2.75) is 0 Å². The molecule has 0 radical (unpaired) electrons. The van der Waals surface area contributed by atoms with Crippen molar-refractivity contribution in [1.29, 1.82) is 0 Å². The van der Waals surface area contributed by atoms with E-state index in [2.05, 4.69) is 0 Å². The van der Waals surface area contributed by atoms with Gasteiger partial charge >= 0.3 is 24.1 Å². The molecule has 0 bridgehead atoms. The van der Waals surface area contributed by atoms with Crippen LogP contribution >= 0.6 is 7.14 Å². The van der Waals surface area contributed by atoms with Crippen LogP contribution in [-0.2, 0) is 4.57 Å². The summed E-state index contributed by atoms with van der Waals surface area (Å²) >= 11 is 0. The van der Waals surface area contributed by atoms with E-state index in [1.165, 1.54) is 0 Å². The van der Waals surface area contributed by atoms with Gasteiger partial charge in [-0.05, 0) is 0 Å². The molecule has 10 nitrogen and oxygen atoms in total. The van der Waals surface area contributed by atoms with Crippen LogP contribution in [-0.4, -0.2) is 32.6 Å². The van der Waals surface area contributed by atoms with Gasteiger partial charge in [-0.2, -0.15) is 0 Å². The van der Waals surface area contributed by atoms with Gasteiger partial charge in [0, 0.05) is 0 Å². The molecule has 0 aromatic rings. The first-order valence-electron chi connectivity index (χ1n) is 2.89. The zero-order chi connectivity index (χ0) is 11.4. The van der Waals surface area contributed by atoms with Crippen LogP contribution in [0.5, 0.6) is 0 Å². The minimum absolute atomic E-state index is 0.790. The summed E-state index contributed by atoms with van der Waals surface area (Å²) in [6.45, 7) is 0. The van der Waals surface area contributed by atoms with Crippen molar-refractivity contribution in [2.75, 3.05) is 0 Å². The van der Waals surface area contributed by atoms with E-state index in [4.69, 9.17) is 15.6 Å². The Bertz CT molecular complexity index is 266. The van der Waals surface area contributed by atoms with Crippen molar-refractivity contribution in [3.8, 4) is 0 Å². The number of nitrogens with one attached hydrogen (secondary N) is 3. The molecule has 3 amide bonds. The van der Waals surface area contributed by atoms with Gasteiger partial charge in [0.1, 0.15) is 0 Å². The minimum Gasteiger partial charge on any atom is -0.293 e. The lowest BCUT2D eigenvalue weighted by Crippen LogP contribution is -2.34. The average Bonchev–Trinajstić information content (AvgIpc) is 2.24.